The molecule has 0 aliphatic heterocycles. The number of nitrogens with zero attached hydrogens (tertiary/aromatic N) is 1. The largest absolute Gasteiger partial charge is 0.426 e. The number of aldehydes is 1. The van der Waals surface area contributed by atoms with E-state index in [2.05, 4.69) is 20.9 Å². The van der Waals surface area contributed by atoms with Crippen LogP contribution in [-0.2, 0) is 0 Å². The number of rotatable bonds is 2. The normalized spacial score (nSPS) is 10.3. The summed E-state index contributed by atoms with van der Waals surface area (Å²) in [6.07, 6.45) is 0.586. The van der Waals surface area contributed by atoms with Gasteiger partial charge < -0.3 is 4.42 Å². The van der Waals surface area contributed by atoms with Crippen LogP contribution < -0.4 is 0 Å². The van der Waals surface area contributed by atoms with Crippen molar-refractivity contribution < 1.29 is 9.21 Å². The van der Waals surface area contributed by atoms with Crippen LogP contribution in [0.3, 0.4) is 0 Å². The number of carbonyl (C=O) groups is 1. The van der Waals surface area contributed by atoms with Gasteiger partial charge >= 0.3 is 0 Å². The predicted octanol–water partition coefficient (Wildman–Crippen LogP) is 3.23. The number of halogens is 1. The Bertz CT molecular complexity index is 488. The summed E-state index contributed by atoms with van der Waals surface area (Å²) in [5, 5.41) is 0. The van der Waals surface area contributed by atoms with Gasteiger partial charge in [0.2, 0.25) is 6.29 Å². The Morgan fingerprint density at radius 3 is 2.53 bits per heavy atom. The van der Waals surface area contributed by atoms with E-state index in [9.17, 15) is 4.79 Å². The number of carbonyl (C=O) groups excluding carboxylic acids is 1. The standard InChI is InChI=1S/C11H8BrNO2/c1-7-2-4-8(5-3-7)10-11(12)15-9(6-14)13-10/h2-6H,1H3. The SMILES string of the molecule is Cc1ccc(-c2nc(C=O)oc2Br)cc1. The minimum absolute atomic E-state index is 0.0810. The Balaban J connectivity index is 2.48. The number of hydrogen-bond donors (Lipinski definition) is 0. The summed E-state index contributed by atoms with van der Waals surface area (Å²) in [5.41, 5.74) is 2.75. The molecule has 2 rings (SSSR count). The van der Waals surface area contributed by atoms with Crippen LogP contribution in [-0.4, -0.2) is 11.3 Å². The third kappa shape index (κ3) is 1.99. The molecule has 0 saturated heterocycles. The summed E-state index contributed by atoms with van der Waals surface area (Å²) in [4.78, 5) is 14.5. The lowest BCUT2D eigenvalue weighted by Gasteiger charge is -1.96. The van der Waals surface area contributed by atoms with Gasteiger partial charge in [0.05, 0.1) is 0 Å². The molecule has 3 nitrogen and oxygen atoms in total. The number of oxazole rings is 1. The van der Waals surface area contributed by atoms with E-state index in [4.69, 9.17) is 4.42 Å². The van der Waals surface area contributed by atoms with E-state index in [0.29, 0.717) is 16.6 Å². The van der Waals surface area contributed by atoms with Gasteiger partial charge in [-0.1, -0.05) is 29.8 Å². The summed E-state index contributed by atoms with van der Waals surface area (Å²) in [6, 6.07) is 7.84. The fourth-order valence-electron chi connectivity index (χ4n) is 1.26. The van der Waals surface area contributed by atoms with Crippen molar-refractivity contribution >= 4 is 22.2 Å². The molecule has 76 valence electrons. The van der Waals surface area contributed by atoms with Gasteiger partial charge in [-0.15, -0.1) is 0 Å². The molecule has 0 aliphatic rings. The average molecular weight is 266 g/mol. The highest BCUT2D eigenvalue weighted by atomic mass is 79.9. The smallest absolute Gasteiger partial charge is 0.261 e. The van der Waals surface area contributed by atoms with Crippen molar-refractivity contribution in [2.45, 2.75) is 6.92 Å². The molecule has 2 aromatic rings. The summed E-state index contributed by atoms with van der Waals surface area (Å²) >= 11 is 3.23. The molecule has 0 atom stereocenters. The lowest BCUT2D eigenvalue weighted by Crippen LogP contribution is -1.81. The second kappa shape index (κ2) is 3.98. The molecule has 1 heterocycles. The Labute approximate surface area is 95.3 Å². The molecule has 0 bridgehead atoms. The Hall–Kier alpha value is -1.42. The fraction of sp³-hybridized carbons (Fsp3) is 0.0909. The molecule has 0 radical (unpaired) electrons. The topological polar surface area (TPSA) is 43.1 Å². The maximum atomic E-state index is 10.5. The molecule has 1 aromatic carbocycles. The monoisotopic (exact) mass is 265 g/mol. The van der Waals surface area contributed by atoms with Crippen LogP contribution in [0.25, 0.3) is 11.3 Å². The van der Waals surface area contributed by atoms with Gasteiger partial charge in [0, 0.05) is 5.56 Å². The van der Waals surface area contributed by atoms with E-state index in [1.807, 2.05) is 31.2 Å². The zero-order valence-corrected chi connectivity index (χ0v) is 9.61. The van der Waals surface area contributed by atoms with Crippen molar-refractivity contribution in [3.63, 3.8) is 0 Å². The molecule has 15 heavy (non-hydrogen) atoms. The Kier molecular flexibility index (Phi) is 2.68. The predicted molar refractivity (Wildman–Crippen MR) is 59.8 cm³/mol. The van der Waals surface area contributed by atoms with Crippen LogP contribution in [0.2, 0.25) is 0 Å². The maximum Gasteiger partial charge on any atom is 0.261 e. The highest BCUT2D eigenvalue weighted by Crippen LogP contribution is 2.28. The van der Waals surface area contributed by atoms with E-state index >= 15 is 0 Å². The second-order valence-electron chi connectivity index (χ2n) is 3.16. The molecule has 0 fully saturated rings. The van der Waals surface area contributed by atoms with Gasteiger partial charge in [-0.3, -0.25) is 4.79 Å². The summed E-state index contributed by atoms with van der Waals surface area (Å²) < 4.78 is 5.57. The van der Waals surface area contributed by atoms with Crippen LogP contribution in [0.1, 0.15) is 16.2 Å². The molecule has 4 heteroatoms. The van der Waals surface area contributed by atoms with Crippen molar-refractivity contribution in [3.05, 3.63) is 40.4 Å². The molecule has 0 N–H and O–H groups in total. The summed E-state index contributed by atoms with van der Waals surface area (Å²) in [5.74, 6) is 0.0810. The lowest BCUT2D eigenvalue weighted by molar-refractivity contribution is 0.109. The quantitative estimate of drug-likeness (QED) is 0.784. The van der Waals surface area contributed by atoms with Gasteiger partial charge in [0.1, 0.15) is 5.69 Å². The van der Waals surface area contributed by atoms with Gasteiger partial charge in [-0.25, -0.2) is 4.98 Å². The first-order chi connectivity index (χ1) is 7.20. The van der Waals surface area contributed by atoms with Crippen LogP contribution in [0.15, 0.2) is 33.4 Å². The Morgan fingerprint density at radius 2 is 2.00 bits per heavy atom. The summed E-state index contributed by atoms with van der Waals surface area (Å²) in [7, 11) is 0. The van der Waals surface area contributed by atoms with E-state index in [1.54, 1.807) is 0 Å². The first-order valence-electron chi connectivity index (χ1n) is 4.39. The molecule has 1 aromatic heterocycles. The van der Waals surface area contributed by atoms with Crippen molar-refractivity contribution in [2.24, 2.45) is 0 Å². The molecular weight excluding hydrogens is 258 g/mol. The number of aromatic nitrogens is 1. The highest BCUT2D eigenvalue weighted by Gasteiger charge is 2.11. The van der Waals surface area contributed by atoms with Gasteiger partial charge in [-0.05, 0) is 22.9 Å². The van der Waals surface area contributed by atoms with Gasteiger partial charge in [0.25, 0.3) is 5.89 Å². The molecule has 0 spiro atoms. The zero-order valence-electron chi connectivity index (χ0n) is 8.03. The molecular formula is C11H8BrNO2. The minimum atomic E-state index is 0.0810. The number of hydrogen-bond acceptors (Lipinski definition) is 3. The average Bonchev–Trinajstić information content (AvgIpc) is 2.61. The first-order valence-corrected chi connectivity index (χ1v) is 5.18. The maximum absolute atomic E-state index is 10.5. The number of benzene rings is 1. The first kappa shape index (κ1) is 10.1. The third-order valence-electron chi connectivity index (χ3n) is 2.03. The van der Waals surface area contributed by atoms with Crippen molar-refractivity contribution in [1.82, 2.24) is 4.98 Å². The van der Waals surface area contributed by atoms with Crippen LogP contribution in [0.5, 0.6) is 0 Å². The molecule has 0 saturated carbocycles. The number of aryl methyl sites for hydroxylation is 1. The van der Waals surface area contributed by atoms with Crippen LogP contribution in [0, 0.1) is 6.92 Å². The zero-order chi connectivity index (χ0) is 10.8. The van der Waals surface area contributed by atoms with E-state index in [1.165, 1.54) is 5.56 Å². The Morgan fingerprint density at radius 1 is 1.33 bits per heavy atom. The van der Waals surface area contributed by atoms with Crippen LogP contribution >= 0.6 is 15.9 Å². The summed E-state index contributed by atoms with van der Waals surface area (Å²) in [6.45, 7) is 2.01. The molecule has 0 amide bonds. The van der Waals surface area contributed by atoms with Gasteiger partial charge in [-0.2, -0.15) is 0 Å². The third-order valence-corrected chi connectivity index (χ3v) is 2.57. The van der Waals surface area contributed by atoms with Crippen molar-refractivity contribution in [1.29, 1.82) is 0 Å². The molecule has 0 aliphatic carbocycles. The van der Waals surface area contributed by atoms with E-state index < -0.39 is 0 Å². The minimum Gasteiger partial charge on any atom is -0.426 e. The van der Waals surface area contributed by atoms with Crippen molar-refractivity contribution in [2.75, 3.05) is 0 Å². The lowest BCUT2D eigenvalue weighted by atomic mass is 10.1. The van der Waals surface area contributed by atoms with E-state index in [0.717, 1.165) is 5.56 Å². The van der Waals surface area contributed by atoms with Crippen LogP contribution in [0.4, 0.5) is 0 Å². The van der Waals surface area contributed by atoms with E-state index in [-0.39, 0.29) is 5.89 Å². The second-order valence-corrected chi connectivity index (χ2v) is 3.88. The fourth-order valence-corrected chi connectivity index (χ4v) is 1.74. The van der Waals surface area contributed by atoms with Gasteiger partial charge in [0.15, 0.2) is 4.67 Å². The molecule has 0 unspecified atom stereocenters. The highest BCUT2D eigenvalue weighted by molar-refractivity contribution is 9.10. The van der Waals surface area contributed by atoms with Crippen molar-refractivity contribution in [3.8, 4) is 11.3 Å².